The van der Waals surface area contributed by atoms with Gasteiger partial charge < -0.3 is 15.2 Å². The average molecular weight is 326 g/mol. The summed E-state index contributed by atoms with van der Waals surface area (Å²) < 4.78 is 1.93. The molecule has 1 fully saturated rings. The monoisotopic (exact) mass is 326 g/mol. The third kappa shape index (κ3) is 2.35. The van der Waals surface area contributed by atoms with Crippen LogP contribution < -0.4 is 40.0 Å². The number of amides is 1. The molecule has 1 N–H and O–H groups in total. The molecule has 0 spiro atoms. The van der Waals surface area contributed by atoms with Gasteiger partial charge in [0.2, 0.25) is 0 Å². The maximum Gasteiger partial charge on any atom is 1.00 e. The van der Waals surface area contributed by atoms with E-state index in [1.54, 1.807) is 6.08 Å². The molecule has 0 aromatic carbocycles. The van der Waals surface area contributed by atoms with Gasteiger partial charge in [-0.15, -0.1) is 11.8 Å². The number of carbonyl (C=O) groups is 2. The molecule has 1 aromatic heterocycles. The number of fused-ring (bicyclic) bond motifs is 2. The van der Waals surface area contributed by atoms with Crippen LogP contribution in [0.4, 0.5) is 0 Å². The van der Waals surface area contributed by atoms with E-state index in [0.717, 1.165) is 31.0 Å². The number of thioether (sulfide) groups is 1. The van der Waals surface area contributed by atoms with Crippen LogP contribution in [0.2, 0.25) is 0 Å². The van der Waals surface area contributed by atoms with Gasteiger partial charge in [-0.05, 0) is 17.6 Å². The van der Waals surface area contributed by atoms with Crippen LogP contribution in [0.25, 0.3) is 6.08 Å². The van der Waals surface area contributed by atoms with Crippen molar-refractivity contribution in [2.75, 3.05) is 6.54 Å². The van der Waals surface area contributed by atoms with Crippen LogP contribution in [-0.4, -0.2) is 38.5 Å². The third-order valence-electron chi connectivity index (χ3n) is 3.74. The number of β-lactam (4-membered cyclic amide) rings is 1. The Morgan fingerprint density at radius 2 is 2.36 bits per heavy atom. The minimum atomic E-state index is -1.32. The molecule has 0 radical (unpaired) electrons. The van der Waals surface area contributed by atoms with Gasteiger partial charge in [-0.2, -0.15) is 5.10 Å². The molecular formula is C13H11N4NaO3S. The number of hydrogen-bond acceptors (Lipinski definition) is 6. The van der Waals surface area contributed by atoms with Crippen molar-refractivity contribution in [2.45, 2.75) is 18.5 Å². The largest absolute Gasteiger partial charge is 1.00 e. The number of carbonyl (C=O) groups excluding carboxylic acids is 2. The predicted molar refractivity (Wildman–Crippen MR) is 73.2 cm³/mol. The normalized spacial score (nSPS) is 24.3. The quantitative estimate of drug-likeness (QED) is 0.337. The molecule has 4 rings (SSSR count). The minimum absolute atomic E-state index is 0. The van der Waals surface area contributed by atoms with Crippen LogP contribution >= 0.6 is 11.8 Å². The average Bonchev–Trinajstić information content (AvgIpc) is 3.05. The van der Waals surface area contributed by atoms with Crippen LogP contribution in [0.3, 0.4) is 0 Å². The molecule has 1 aromatic rings. The Balaban J connectivity index is 0.00000144. The topological polar surface area (TPSA) is 90.3 Å². The van der Waals surface area contributed by atoms with E-state index in [4.69, 9.17) is 0 Å². The van der Waals surface area contributed by atoms with Crippen LogP contribution in [-0.2, 0) is 22.7 Å². The number of carboxylic acids is 1. The number of hydrogen-bond donors (Lipinski definition) is 1. The van der Waals surface area contributed by atoms with E-state index in [2.05, 4.69) is 10.4 Å². The summed E-state index contributed by atoms with van der Waals surface area (Å²) in [7, 11) is 0. The van der Waals surface area contributed by atoms with Crippen molar-refractivity contribution < 1.29 is 44.3 Å². The summed E-state index contributed by atoms with van der Waals surface area (Å²) in [6.07, 6.45) is 1.74. The van der Waals surface area contributed by atoms with Gasteiger partial charge in [0, 0.05) is 13.1 Å². The first-order chi connectivity index (χ1) is 10.1. The van der Waals surface area contributed by atoms with Crippen LogP contribution in [0.15, 0.2) is 22.7 Å². The fraction of sp³-hybridized carbons (Fsp3) is 0.308. The van der Waals surface area contributed by atoms with E-state index in [-0.39, 0.29) is 46.5 Å². The molecule has 1 atom stereocenters. The molecule has 3 aliphatic heterocycles. The zero-order chi connectivity index (χ0) is 14.6. The Morgan fingerprint density at radius 3 is 3.09 bits per heavy atom. The number of nitrogens with zero attached hydrogens (tertiary/aromatic N) is 3. The SMILES string of the molecule is O=C([O-])C1=CSC2/C(=C/c3cc4n(n3)CCNC4)C(=O)N12.[Na+]. The first-order valence-corrected chi connectivity index (χ1v) is 7.49. The minimum Gasteiger partial charge on any atom is -0.543 e. The van der Waals surface area contributed by atoms with E-state index in [1.807, 2.05) is 10.7 Å². The van der Waals surface area contributed by atoms with E-state index in [9.17, 15) is 14.7 Å². The number of carboxylic acid groups (broad SMARTS) is 1. The Bertz CT molecular complexity index is 703. The third-order valence-corrected chi connectivity index (χ3v) is 4.82. The van der Waals surface area contributed by atoms with Gasteiger partial charge in [0.05, 0.1) is 35.2 Å². The van der Waals surface area contributed by atoms with Crippen molar-refractivity contribution >= 4 is 29.7 Å². The van der Waals surface area contributed by atoms with Crippen LogP contribution in [0.1, 0.15) is 11.4 Å². The van der Waals surface area contributed by atoms with Gasteiger partial charge in [-0.25, -0.2) is 0 Å². The first-order valence-electron chi connectivity index (χ1n) is 6.55. The number of aromatic nitrogens is 2. The summed E-state index contributed by atoms with van der Waals surface area (Å²) in [5, 5.41) is 19.8. The fourth-order valence-electron chi connectivity index (χ4n) is 2.70. The molecule has 4 heterocycles. The van der Waals surface area contributed by atoms with E-state index in [1.165, 1.54) is 22.1 Å². The van der Waals surface area contributed by atoms with Crippen molar-refractivity contribution in [2.24, 2.45) is 0 Å². The first kappa shape index (κ1) is 15.8. The summed E-state index contributed by atoms with van der Waals surface area (Å²) in [6, 6.07) is 1.95. The number of rotatable bonds is 2. The van der Waals surface area contributed by atoms with Gasteiger partial charge >= 0.3 is 29.6 Å². The number of aliphatic carboxylic acids is 1. The van der Waals surface area contributed by atoms with Crippen LogP contribution in [0.5, 0.6) is 0 Å². The van der Waals surface area contributed by atoms with Crippen molar-refractivity contribution in [3.05, 3.63) is 34.1 Å². The van der Waals surface area contributed by atoms with Gasteiger partial charge in [0.15, 0.2) is 0 Å². The molecule has 1 saturated heterocycles. The molecule has 1 amide bonds. The van der Waals surface area contributed by atoms with E-state index in [0.29, 0.717) is 5.57 Å². The summed E-state index contributed by atoms with van der Waals surface area (Å²) >= 11 is 1.30. The van der Waals surface area contributed by atoms with Crippen LogP contribution in [0, 0.1) is 0 Å². The Morgan fingerprint density at radius 1 is 1.55 bits per heavy atom. The summed E-state index contributed by atoms with van der Waals surface area (Å²) in [5.41, 5.74) is 2.35. The second-order valence-corrected chi connectivity index (χ2v) is 5.97. The smallest absolute Gasteiger partial charge is 0.543 e. The fourth-order valence-corrected chi connectivity index (χ4v) is 3.82. The van der Waals surface area contributed by atoms with E-state index < -0.39 is 5.97 Å². The van der Waals surface area contributed by atoms with Gasteiger partial charge in [-0.1, -0.05) is 0 Å². The van der Waals surface area contributed by atoms with Gasteiger partial charge in [0.25, 0.3) is 5.91 Å². The van der Waals surface area contributed by atoms with Crippen molar-refractivity contribution in [3.8, 4) is 0 Å². The second-order valence-electron chi connectivity index (χ2n) is 5.01. The Kier molecular flexibility index (Phi) is 4.21. The standard InChI is InChI=1S/C13H12N4O3S.Na/c18-11-9(12-17(11)10(6-21-12)13(19)20)4-7-3-8-5-14-1-2-16(8)15-7;/h3-4,6,12,14H,1-2,5H2,(H,19,20);/q;+1/p-1/b9-4+;. The van der Waals surface area contributed by atoms with Crippen molar-refractivity contribution in [1.29, 1.82) is 0 Å². The predicted octanol–water partition coefficient (Wildman–Crippen LogP) is -4.12. The summed E-state index contributed by atoms with van der Waals surface area (Å²) in [6.45, 7) is 2.47. The Hall–Kier alpha value is -1.06. The molecule has 0 aliphatic carbocycles. The molecule has 0 saturated carbocycles. The van der Waals surface area contributed by atoms with Crippen molar-refractivity contribution in [3.63, 3.8) is 0 Å². The maximum absolute atomic E-state index is 12.1. The summed E-state index contributed by atoms with van der Waals surface area (Å²) in [5.74, 6) is -1.61. The molecule has 108 valence electrons. The van der Waals surface area contributed by atoms with Gasteiger partial charge in [0.1, 0.15) is 5.37 Å². The Labute approximate surface area is 152 Å². The molecule has 9 heteroatoms. The maximum atomic E-state index is 12.1. The molecule has 7 nitrogen and oxygen atoms in total. The van der Waals surface area contributed by atoms with Crippen molar-refractivity contribution in [1.82, 2.24) is 20.0 Å². The number of nitrogens with one attached hydrogen (secondary N) is 1. The summed E-state index contributed by atoms with van der Waals surface area (Å²) in [4.78, 5) is 24.2. The van der Waals surface area contributed by atoms with Gasteiger partial charge in [-0.3, -0.25) is 14.4 Å². The van der Waals surface area contributed by atoms with E-state index >= 15 is 0 Å². The molecular weight excluding hydrogens is 315 g/mol. The zero-order valence-electron chi connectivity index (χ0n) is 11.9. The zero-order valence-corrected chi connectivity index (χ0v) is 14.7. The molecule has 1 unspecified atom stereocenters. The molecule has 22 heavy (non-hydrogen) atoms. The molecule has 3 aliphatic rings. The second kappa shape index (κ2) is 5.86. The molecule has 0 bridgehead atoms.